The van der Waals surface area contributed by atoms with Crippen molar-refractivity contribution in [2.75, 3.05) is 10.2 Å². The number of halogens is 2. The van der Waals surface area contributed by atoms with Crippen LogP contribution in [0.5, 0.6) is 0 Å². The zero-order valence-electron chi connectivity index (χ0n) is 17.3. The van der Waals surface area contributed by atoms with Gasteiger partial charge >= 0.3 is 0 Å². The van der Waals surface area contributed by atoms with Crippen LogP contribution in [-0.4, -0.2) is 32.6 Å². The van der Waals surface area contributed by atoms with Crippen LogP contribution in [0.2, 0.25) is 0 Å². The van der Waals surface area contributed by atoms with Gasteiger partial charge < -0.3 is 5.32 Å². The zero-order chi connectivity index (χ0) is 21.9. The van der Waals surface area contributed by atoms with Crippen LogP contribution >= 0.6 is 11.8 Å². The molecule has 2 rings (SSSR count). The van der Waals surface area contributed by atoms with Crippen LogP contribution in [0.1, 0.15) is 47.2 Å². The molecule has 2 aromatic rings. The van der Waals surface area contributed by atoms with E-state index in [1.54, 1.807) is 6.07 Å². The first-order valence-corrected chi connectivity index (χ1v) is 10.1. The monoisotopic (exact) mass is 424 g/mol. The van der Waals surface area contributed by atoms with Gasteiger partial charge in [0, 0.05) is 29.7 Å². The molecule has 0 spiro atoms. The van der Waals surface area contributed by atoms with Gasteiger partial charge in [-0.3, -0.25) is 19.6 Å². The maximum absolute atomic E-state index is 13.7. The predicted octanol–water partition coefficient (Wildman–Crippen LogP) is 4.44. The van der Waals surface area contributed by atoms with Crippen LogP contribution < -0.4 is 10.2 Å². The molecule has 9 heteroatoms. The molecular formula is C20H26F2N4O2S. The molecule has 0 bridgehead atoms. The molecule has 158 valence electrons. The van der Waals surface area contributed by atoms with E-state index in [9.17, 15) is 18.4 Å². The SMILES string of the molecule is CC(=O)N(c1cc(F)cc(F)c1)C(SC(C)C)C(=O)Nc1cc(C(C)(C)C)n[nH]1. The first kappa shape index (κ1) is 22.9. The highest BCUT2D eigenvalue weighted by atomic mass is 32.2. The van der Waals surface area contributed by atoms with Crippen LogP contribution in [-0.2, 0) is 15.0 Å². The summed E-state index contributed by atoms with van der Waals surface area (Å²) in [6, 6.07) is 4.49. The van der Waals surface area contributed by atoms with Crippen molar-refractivity contribution in [2.45, 2.75) is 57.6 Å². The Morgan fingerprint density at radius 2 is 1.72 bits per heavy atom. The molecule has 0 fully saturated rings. The van der Waals surface area contributed by atoms with Crippen LogP contribution in [0.15, 0.2) is 24.3 Å². The molecule has 0 radical (unpaired) electrons. The van der Waals surface area contributed by atoms with E-state index in [1.165, 1.54) is 18.7 Å². The number of nitrogens with one attached hydrogen (secondary N) is 2. The van der Waals surface area contributed by atoms with Crippen molar-refractivity contribution in [3.8, 4) is 0 Å². The zero-order valence-corrected chi connectivity index (χ0v) is 18.2. The highest BCUT2D eigenvalue weighted by Gasteiger charge is 2.32. The Morgan fingerprint density at radius 1 is 1.14 bits per heavy atom. The number of thioether (sulfide) groups is 1. The summed E-state index contributed by atoms with van der Waals surface area (Å²) in [5.74, 6) is -2.30. The highest BCUT2D eigenvalue weighted by Crippen LogP contribution is 2.29. The minimum absolute atomic E-state index is 0.0247. The van der Waals surface area contributed by atoms with Crippen LogP contribution in [0, 0.1) is 11.6 Å². The van der Waals surface area contributed by atoms with Crippen molar-refractivity contribution < 1.29 is 18.4 Å². The van der Waals surface area contributed by atoms with Gasteiger partial charge in [0.05, 0.1) is 11.4 Å². The second-order valence-electron chi connectivity index (χ2n) is 7.96. The maximum Gasteiger partial charge on any atom is 0.259 e. The molecule has 0 aliphatic heterocycles. The number of rotatable bonds is 6. The summed E-state index contributed by atoms with van der Waals surface area (Å²) >= 11 is 1.20. The fourth-order valence-electron chi connectivity index (χ4n) is 2.62. The number of anilines is 2. The van der Waals surface area contributed by atoms with E-state index in [-0.39, 0.29) is 16.4 Å². The van der Waals surface area contributed by atoms with Crippen molar-refractivity contribution in [3.05, 3.63) is 41.6 Å². The van der Waals surface area contributed by atoms with Crippen LogP contribution in [0.3, 0.4) is 0 Å². The van der Waals surface area contributed by atoms with E-state index < -0.39 is 28.8 Å². The van der Waals surface area contributed by atoms with E-state index >= 15 is 0 Å². The van der Waals surface area contributed by atoms with Gasteiger partial charge in [-0.1, -0.05) is 34.6 Å². The molecule has 0 aliphatic rings. The van der Waals surface area contributed by atoms with Gasteiger partial charge in [-0.05, 0) is 12.1 Å². The van der Waals surface area contributed by atoms with E-state index in [2.05, 4.69) is 15.5 Å². The normalized spacial score (nSPS) is 12.7. The first-order valence-electron chi connectivity index (χ1n) is 9.16. The molecule has 1 aromatic heterocycles. The Bertz CT molecular complexity index is 873. The quantitative estimate of drug-likeness (QED) is 0.672. The van der Waals surface area contributed by atoms with E-state index in [4.69, 9.17) is 0 Å². The highest BCUT2D eigenvalue weighted by molar-refractivity contribution is 8.01. The summed E-state index contributed by atoms with van der Waals surface area (Å²) in [6.07, 6.45) is 0. The number of benzene rings is 1. The molecular weight excluding hydrogens is 398 g/mol. The van der Waals surface area contributed by atoms with Gasteiger partial charge in [0.15, 0.2) is 5.37 Å². The number of hydrogen-bond acceptors (Lipinski definition) is 4. The van der Waals surface area contributed by atoms with Gasteiger partial charge in [0.25, 0.3) is 5.91 Å². The van der Waals surface area contributed by atoms with E-state index in [1.807, 2.05) is 34.6 Å². The molecule has 1 aromatic carbocycles. The molecule has 1 heterocycles. The number of H-pyrrole nitrogens is 1. The predicted molar refractivity (Wildman–Crippen MR) is 112 cm³/mol. The number of amides is 2. The number of aromatic amines is 1. The van der Waals surface area contributed by atoms with E-state index in [0.29, 0.717) is 11.9 Å². The minimum Gasteiger partial charge on any atom is -0.308 e. The number of aromatic nitrogens is 2. The Morgan fingerprint density at radius 3 is 2.17 bits per heavy atom. The lowest BCUT2D eigenvalue weighted by Gasteiger charge is -2.30. The van der Waals surface area contributed by atoms with Gasteiger partial charge in [-0.2, -0.15) is 5.10 Å². The molecule has 0 saturated heterocycles. The molecule has 6 nitrogen and oxygen atoms in total. The third kappa shape index (κ3) is 6.03. The van der Waals surface area contributed by atoms with Crippen molar-refractivity contribution in [1.82, 2.24) is 10.2 Å². The van der Waals surface area contributed by atoms with E-state index in [0.717, 1.165) is 22.7 Å². The third-order valence-corrected chi connectivity index (χ3v) is 5.16. The van der Waals surface area contributed by atoms with Crippen molar-refractivity contribution in [1.29, 1.82) is 0 Å². The van der Waals surface area contributed by atoms with Crippen molar-refractivity contribution in [2.24, 2.45) is 0 Å². The molecule has 2 amide bonds. The van der Waals surface area contributed by atoms with Gasteiger partial charge in [-0.15, -0.1) is 11.8 Å². The number of hydrogen-bond donors (Lipinski definition) is 2. The summed E-state index contributed by atoms with van der Waals surface area (Å²) in [4.78, 5) is 26.5. The fourth-order valence-corrected chi connectivity index (χ4v) is 3.71. The fraction of sp³-hybridized carbons (Fsp3) is 0.450. The Kier molecular flexibility index (Phi) is 7.05. The molecule has 1 atom stereocenters. The molecule has 0 saturated carbocycles. The maximum atomic E-state index is 13.7. The summed E-state index contributed by atoms with van der Waals surface area (Å²) in [6.45, 7) is 10.9. The lowest BCUT2D eigenvalue weighted by Crippen LogP contribution is -2.45. The Hall–Kier alpha value is -2.42. The molecule has 0 aliphatic carbocycles. The Balaban J connectivity index is 2.38. The lowest BCUT2D eigenvalue weighted by atomic mass is 9.92. The van der Waals surface area contributed by atoms with Gasteiger partial charge in [0.1, 0.15) is 17.5 Å². The lowest BCUT2D eigenvalue weighted by molar-refractivity contribution is -0.121. The smallest absolute Gasteiger partial charge is 0.259 e. The number of carbonyl (C=O) groups excluding carboxylic acids is 2. The van der Waals surface area contributed by atoms with Crippen molar-refractivity contribution >= 4 is 35.1 Å². The average molecular weight is 425 g/mol. The standard InChI is InChI=1S/C20H26F2N4O2S/c1-11(2)29-19(18(28)23-17-10-16(24-25-17)20(4,5)6)26(12(3)27)15-8-13(21)7-14(22)9-15/h7-11,19H,1-6H3,(H2,23,24,25,28). The molecule has 29 heavy (non-hydrogen) atoms. The second-order valence-corrected chi connectivity index (χ2v) is 9.62. The van der Waals surface area contributed by atoms with Crippen LogP contribution in [0.25, 0.3) is 0 Å². The largest absolute Gasteiger partial charge is 0.308 e. The van der Waals surface area contributed by atoms with Gasteiger partial charge in [0.2, 0.25) is 5.91 Å². The average Bonchev–Trinajstić information content (AvgIpc) is 3.01. The molecule has 2 N–H and O–H groups in total. The second kappa shape index (κ2) is 8.94. The number of carbonyl (C=O) groups is 2. The van der Waals surface area contributed by atoms with Crippen LogP contribution in [0.4, 0.5) is 20.3 Å². The summed E-state index contributed by atoms with van der Waals surface area (Å²) in [5, 5.41) is 8.61. The van der Waals surface area contributed by atoms with Crippen molar-refractivity contribution in [3.63, 3.8) is 0 Å². The summed E-state index contributed by atoms with van der Waals surface area (Å²) < 4.78 is 27.5. The summed E-state index contributed by atoms with van der Waals surface area (Å²) in [7, 11) is 0. The summed E-state index contributed by atoms with van der Waals surface area (Å²) in [5.41, 5.74) is 0.524. The Labute approximate surface area is 173 Å². The topological polar surface area (TPSA) is 78.1 Å². The van der Waals surface area contributed by atoms with Gasteiger partial charge in [-0.25, -0.2) is 8.78 Å². The number of nitrogens with zero attached hydrogens (tertiary/aromatic N) is 2. The third-order valence-electron chi connectivity index (χ3n) is 3.93. The minimum atomic E-state index is -1.03. The first-order chi connectivity index (χ1) is 13.4. The molecule has 1 unspecified atom stereocenters.